The quantitative estimate of drug-likeness (QED) is 0.811. The summed E-state index contributed by atoms with van der Waals surface area (Å²) in [7, 11) is 0. The van der Waals surface area contributed by atoms with Gasteiger partial charge in [0.05, 0.1) is 0 Å². The van der Waals surface area contributed by atoms with Crippen molar-refractivity contribution in [2.75, 3.05) is 6.54 Å². The van der Waals surface area contributed by atoms with Crippen LogP contribution in [-0.4, -0.2) is 12.6 Å². The van der Waals surface area contributed by atoms with Crippen molar-refractivity contribution in [2.24, 2.45) is 5.41 Å². The third kappa shape index (κ3) is 5.68. The molecule has 19 heavy (non-hydrogen) atoms. The molecule has 0 aliphatic carbocycles. The molecule has 1 atom stereocenters. The molecule has 1 rings (SSSR count). The molecule has 1 unspecified atom stereocenters. The van der Waals surface area contributed by atoms with Crippen molar-refractivity contribution >= 4 is 0 Å². The summed E-state index contributed by atoms with van der Waals surface area (Å²) in [5, 5.41) is 3.48. The third-order valence-corrected chi connectivity index (χ3v) is 3.38. The van der Waals surface area contributed by atoms with Crippen LogP contribution in [0.2, 0.25) is 0 Å². The maximum absolute atomic E-state index is 13.1. The molecule has 3 heteroatoms. The maximum Gasteiger partial charge on any atom is 0.126 e. The van der Waals surface area contributed by atoms with E-state index in [4.69, 9.17) is 0 Å². The van der Waals surface area contributed by atoms with Crippen molar-refractivity contribution in [1.29, 1.82) is 0 Å². The molecule has 0 aliphatic heterocycles. The van der Waals surface area contributed by atoms with E-state index in [1.54, 1.807) is 0 Å². The summed E-state index contributed by atoms with van der Waals surface area (Å²) in [5.74, 6) is -0.983. The Kier molecular flexibility index (Phi) is 5.92. The zero-order valence-electron chi connectivity index (χ0n) is 12.4. The van der Waals surface area contributed by atoms with Crippen LogP contribution in [-0.2, 0) is 6.42 Å². The van der Waals surface area contributed by atoms with E-state index in [0.717, 1.165) is 31.0 Å². The van der Waals surface area contributed by atoms with Crippen LogP contribution in [0.1, 0.15) is 46.1 Å². The highest BCUT2D eigenvalue weighted by molar-refractivity contribution is 5.17. The lowest BCUT2D eigenvalue weighted by Crippen LogP contribution is -2.40. The van der Waals surface area contributed by atoms with E-state index in [2.05, 4.69) is 33.0 Å². The lowest BCUT2D eigenvalue weighted by atomic mass is 9.83. The van der Waals surface area contributed by atoms with Crippen LogP contribution < -0.4 is 5.32 Å². The Morgan fingerprint density at radius 1 is 1.11 bits per heavy atom. The van der Waals surface area contributed by atoms with Gasteiger partial charge < -0.3 is 5.32 Å². The molecule has 0 aliphatic rings. The molecule has 0 aromatic heterocycles. The second kappa shape index (κ2) is 6.99. The molecule has 0 fully saturated rings. The number of hydrogen-bond donors (Lipinski definition) is 1. The summed E-state index contributed by atoms with van der Waals surface area (Å²) in [6.07, 6.45) is 2.65. The number of benzene rings is 1. The molecule has 1 aromatic carbocycles. The molecular weight excluding hydrogens is 244 g/mol. The number of halogens is 2. The Bertz CT molecular complexity index is 376. The minimum absolute atomic E-state index is 0.198. The topological polar surface area (TPSA) is 12.0 Å². The number of nitrogens with one attached hydrogen (secondary N) is 1. The van der Waals surface area contributed by atoms with Gasteiger partial charge in [-0.2, -0.15) is 0 Å². The minimum atomic E-state index is -0.492. The van der Waals surface area contributed by atoms with Gasteiger partial charge >= 0.3 is 0 Å². The number of hydrogen-bond acceptors (Lipinski definition) is 1. The van der Waals surface area contributed by atoms with Crippen molar-refractivity contribution < 1.29 is 8.78 Å². The normalized spacial score (nSPS) is 13.6. The Hall–Kier alpha value is -0.960. The smallest absolute Gasteiger partial charge is 0.126 e. The third-order valence-electron chi connectivity index (χ3n) is 3.38. The van der Waals surface area contributed by atoms with Gasteiger partial charge in [-0.3, -0.25) is 0 Å². The summed E-state index contributed by atoms with van der Waals surface area (Å²) in [6.45, 7) is 9.67. The van der Waals surface area contributed by atoms with Crippen LogP contribution in [0.4, 0.5) is 8.78 Å². The van der Waals surface area contributed by atoms with Crippen LogP contribution in [0.15, 0.2) is 18.2 Å². The first-order valence-electron chi connectivity index (χ1n) is 7.01. The van der Waals surface area contributed by atoms with E-state index in [1.165, 1.54) is 12.1 Å². The molecule has 1 N–H and O–H groups in total. The van der Waals surface area contributed by atoms with Crippen LogP contribution in [0.25, 0.3) is 0 Å². The van der Waals surface area contributed by atoms with Crippen molar-refractivity contribution in [2.45, 2.75) is 53.0 Å². The second-order valence-electron chi connectivity index (χ2n) is 6.15. The SMILES string of the molecule is CCNC(CCCc1cc(F)cc(F)c1)C(C)(C)C. The van der Waals surface area contributed by atoms with E-state index in [1.807, 2.05) is 0 Å². The van der Waals surface area contributed by atoms with Gasteiger partial charge in [-0.15, -0.1) is 0 Å². The van der Waals surface area contributed by atoms with Crippen LogP contribution >= 0.6 is 0 Å². The van der Waals surface area contributed by atoms with Crippen molar-refractivity contribution in [3.05, 3.63) is 35.4 Å². The van der Waals surface area contributed by atoms with E-state index >= 15 is 0 Å². The Morgan fingerprint density at radius 2 is 1.68 bits per heavy atom. The van der Waals surface area contributed by atoms with Crippen LogP contribution in [0.3, 0.4) is 0 Å². The fourth-order valence-corrected chi connectivity index (χ4v) is 2.35. The van der Waals surface area contributed by atoms with Gasteiger partial charge in [0.25, 0.3) is 0 Å². The van der Waals surface area contributed by atoms with E-state index in [-0.39, 0.29) is 5.41 Å². The molecule has 0 amide bonds. The first-order valence-corrected chi connectivity index (χ1v) is 7.01. The lowest BCUT2D eigenvalue weighted by Gasteiger charge is -2.31. The molecule has 1 nitrogen and oxygen atoms in total. The first kappa shape index (κ1) is 16.1. The minimum Gasteiger partial charge on any atom is -0.314 e. The highest BCUT2D eigenvalue weighted by atomic mass is 19.1. The Balaban J connectivity index is 2.52. The first-order chi connectivity index (χ1) is 8.82. The summed E-state index contributed by atoms with van der Waals surface area (Å²) in [5.41, 5.74) is 0.935. The molecule has 0 saturated carbocycles. The highest BCUT2D eigenvalue weighted by Gasteiger charge is 2.22. The largest absolute Gasteiger partial charge is 0.314 e. The second-order valence-corrected chi connectivity index (χ2v) is 6.15. The van der Waals surface area contributed by atoms with E-state index < -0.39 is 11.6 Å². The van der Waals surface area contributed by atoms with Crippen molar-refractivity contribution in [3.8, 4) is 0 Å². The van der Waals surface area contributed by atoms with Crippen molar-refractivity contribution in [1.82, 2.24) is 5.32 Å². The van der Waals surface area contributed by atoms with Gasteiger partial charge in [-0.1, -0.05) is 27.7 Å². The van der Waals surface area contributed by atoms with Gasteiger partial charge in [0, 0.05) is 12.1 Å². The summed E-state index contributed by atoms with van der Waals surface area (Å²) in [6, 6.07) is 4.18. The summed E-state index contributed by atoms with van der Waals surface area (Å²) < 4.78 is 26.1. The molecular formula is C16H25F2N. The number of aryl methyl sites for hydroxylation is 1. The molecule has 108 valence electrons. The van der Waals surface area contributed by atoms with E-state index in [9.17, 15) is 8.78 Å². The van der Waals surface area contributed by atoms with Gasteiger partial charge in [0.2, 0.25) is 0 Å². The predicted octanol–water partition coefficient (Wildman–Crippen LogP) is 4.31. The van der Waals surface area contributed by atoms with Gasteiger partial charge in [-0.25, -0.2) is 8.78 Å². The molecule has 0 saturated heterocycles. The lowest BCUT2D eigenvalue weighted by molar-refractivity contribution is 0.254. The van der Waals surface area contributed by atoms with Crippen LogP contribution in [0.5, 0.6) is 0 Å². The average molecular weight is 269 g/mol. The predicted molar refractivity (Wildman–Crippen MR) is 76.2 cm³/mol. The van der Waals surface area contributed by atoms with Gasteiger partial charge in [-0.05, 0) is 48.9 Å². The maximum atomic E-state index is 13.1. The molecule has 0 radical (unpaired) electrons. The molecule has 1 aromatic rings. The average Bonchev–Trinajstić information content (AvgIpc) is 2.25. The fourth-order valence-electron chi connectivity index (χ4n) is 2.35. The molecule has 0 spiro atoms. The van der Waals surface area contributed by atoms with E-state index in [0.29, 0.717) is 12.5 Å². The summed E-state index contributed by atoms with van der Waals surface area (Å²) >= 11 is 0. The number of rotatable bonds is 6. The Morgan fingerprint density at radius 3 is 2.16 bits per heavy atom. The van der Waals surface area contributed by atoms with Gasteiger partial charge in [0.15, 0.2) is 0 Å². The standard InChI is InChI=1S/C16H25F2N/c1-5-19-15(16(2,3)4)8-6-7-12-9-13(17)11-14(18)10-12/h9-11,15,19H,5-8H2,1-4H3. The zero-order valence-corrected chi connectivity index (χ0v) is 12.4. The van der Waals surface area contributed by atoms with Crippen molar-refractivity contribution in [3.63, 3.8) is 0 Å². The Labute approximate surface area is 115 Å². The highest BCUT2D eigenvalue weighted by Crippen LogP contribution is 2.23. The van der Waals surface area contributed by atoms with Crippen LogP contribution in [0, 0.1) is 17.0 Å². The van der Waals surface area contributed by atoms with Gasteiger partial charge in [0.1, 0.15) is 11.6 Å². The summed E-state index contributed by atoms with van der Waals surface area (Å²) in [4.78, 5) is 0. The zero-order chi connectivity index (χ0) is 14.5. The molecule has 0 heterocycles. The molecule has 0 bridgehead atoms. The monoisotopic (exact) mass is 269 g/mol. The fraction of sp³-hybridized carbons (Fsp3) is 0.625.